The van der Waals surface area contributed by atoms with E-state index in [4.69, 9.17) is 11.6 Å². The number of rotatable bonds is 4. The number of nitrogens with zero attached hydrogens (tertiary/aromatic N) is 3. The molecule has 1 N–H and O–H groups in total. The number of hydrogen-bond acceptors (Lipinski definition) is 4. The minimum Gasteiger partial charge on any atom is -0.329 e. The number of aryl methyl sites for hydroxylation is 2. The molecule has 0 unspecified atom stereocenters. The lowest BCUT2D eigenvalue weighted by atomic mass is 10.2. The molecule has 124 valence electrons. The summed E-state index contributed by atoms with van der Waals surface area (Å²) in [5, 5.41) is 4.15. The normalized spacial score (nSPS) is 11.9. The van der Waals surface area contributed by atoms with Gasteiger partial charge in [0.05, 0.1) is 26.0 Å². The van der Waals surface area contributed by atoms with Crippen LogP contribution in [-0.2, 0) is 6.54 Å². The highest BCUT2D eigenvalue weighted by Crippen LogP contribution is 2.22. The molecule has 2 aromatic heterocycles. The quantitative estimate of drug-likeness (QED) is 0.559. The van der Waals surface area contributed by atoms with Crippen LogP contribution in [0, 0.1) is 6.92 Å². The predicted molar refractivity (Wildman–Crippen MR) is 99.2 cm³/mol. The SMILES string of the molecule is CCn1c(C)nc2cc(C(=O)NN=C(C)c3ccc(Cl)s3)ccc21. The Kier molecular flexibility index (Phi) is 4.69. The van der Waals surface area contributed by atoms with Crippen LogP contribution in [-0.4, -0.2) is 21.2 Å². The molecule has 0 spiro atoms. The smallest absolute Gasteiger partial charge is 0.271 e. The van der Waals surface area contributed by atoms with Crippen molar-refractivity contribution >= 4 is 45.6 Å². The number of fused-ring (bicyclic) bond motifs is 1. The molecular weight excluding hydrogens is 344 g/mol. The molecule has 0 aliphatic heterocycles. The number of carbonyl (C=O) groups is 1. The number of thiophene rings is 1. The molecule has 0 aliphatic carbocycles. The van der Waals surface area contributed by atoms with Gasteiger partial charge in [0.2, 0.25) is 0 Å². The number of hydrogen-bond donors (Lipinski definition) is 1. The maximum atomic E-state index is 12.3. The van der Waals surface area contributed by atoms with E-state index in [0.29, 0.717) is 15.6 Å². The second kappa shape index (κ2) is 6.75. The lowest BCUT2D eigenvalue weighted by molar-refractivity contribution is 0.0955. The molecule has 0 radical (unpaired) electrons. The van der Waals surface area contributed by atoms with Crippen LogP contribution in [0.25, 0.3) is 11.0 Å². The molecule has 0 saturated heterocycles. The molecule has 0 bridgehead atoms. The fourth-order valence-electron chi connectivity index (χ4n) is 2.55. The van der Waals surface area contributed by atoms with Crippen molar-refractivity contribution in [2.45, 2.75) is 27.3 Å². The van der Waals surface area contributed by atoms with Gasteiger partial charge in [-0.3, -0.25) is 4.79 Å². The molecule has 1 amide bonds. The third-order valence-corrected chi connectivity index (χ3v) is 5.11. The van der Waals surface area contributed by atoms with Crippen molar-refractivity contribution in [3.05, 3.63) is 50.9 Å². The zero-order chi connectivity index (χ0) is 17.3. The highest BCUT2D eigenvalue weighted by atomic mass is 35.5. The summed E-state index contributed by atoms with van der Waals surface area (Å²) < 4.78 is 2.80. The van der Waals surface area contributed by atoms with Crippen LogP contribution >= 0.6 is 22.9 Å². The summed E-state index contributed by atoms with van der Waals surface area (Å²) in [5.41, 5.74) is 5.67. The maximum Gasteiger partial charge on any atom is 0.271 e. The average molecular weight is 361 g/mol. The Labute approximate surface area is 149 Å². The van der Waals surface area contributed by atoms with Crippen molar-refractivity contribution in [2.24, 2.45) is 5.10 Å². The van der Waals surface area contributed by atoms with Crippen LogP contribution in [0.4, 0.5) is 0 Å². The first kappa shape index (κ1) is 16.7. The Morgan fingerprint density at radius 3 is 2.83 bits per heavy atom. The van der Waals surface area contributed by atoms with E-state index < -0.39 is 0 Å². The molecular formula is C17H17ClN4OS. The van der Waals surface area contributed by atoms with E-state index in [-0.39, 0.29) is 5.91 Å². The van der Waals surface area contributed by atoms with Gasteiger partial charge in [-0.05, 0) is 51.1 Å². The second-order valence-corrected chi connectivity index (χ2v) is 7.06. The average Bonchev–Trinajstić information content (AvgIpc) is 3.13. The van der Waals surface area contributed by atoms with Crippen molar-refractivity contribution in [3.63, 3.8) is 0 Å². The topological polar surface area (TPSA) is 59.3 Å². The van der Waals surface area contributed by atoms with Gasteiger partial charge in [-0.2, -0.15) is 5.10 Å². The van der Waals surface area contributed by atoms with Crippen LogP contribution in [0.5, 0.6) is 0 Å². The van der Waals surface area contributed by atoms with Gasteiger partial charge >= 0.3 is 0 Å². The predicted octanol–water partition coefficient (Wildman–Crippen LogP) is 4.23. The van der Waals surface area contributed by atoms with Gasteiger partial charge in [0, 0.05) is 12.1 Å². The number of imidazole rings is 1. The second-order valence-electron chi connectivity index (χ2n) is 5.35. The Bertz CT molecular complexity index is 941. The van der Waals surface area contributed by atoms with Crippen molar-refractivity contribution in [1.82, 2.24) is 15.0 Å². The summed E-state index contributed by atoms with van der Waals surface area (Å²) in [7, 11) is 0. The van der Waals surface area contributed by atoms with Crippen LogP contribution in [0.1, 0.15) is 34.9 Å². The van der Waals surface area contributed by atoms with E-state index in [9.17, 15) is 4.79 Å². The van der Waals surface area contributed by atoms with Gasteiger partial charge in [-0.1, -0.05) is 11.6 Å². The fourth-order valence-corrected chi connectivity index (χ4v) is 3.54. The Morgan fingerprint density at radius 2 is 2.17 bits per heavy atom. The molecule has 3 rings (SSSR count). The summed E-state index contributed by atoms with van der Waals surface area (Å²) in [6.07, 6.45) is 0. The molecule has 7 heteroatoms. The number of amides is 1. The number of benzene rings is 1. The first-order chi connectivity index (χ1) is 11.5. The molecule has 24 heavy (non-hydrogen) atoms. The summed E-state index contributed by atoms with van der Waals surface area (Å²) in [5.74, 6) is 0.677. The van der Waals surface area contributed by atoms with Crippen molar-refractivity contribution in [1.29, 1.82) is 0 Å². The van der Waals surface area contributed by atoms with Crippen molar-refractivity contribution < 1.29 is 4.79 Å². The molecule has 1 aromatic carbocycles. The zero-order valence-corrected chi connectivity index (χ0v) is 15.2. The van der Waals surface area contributed by atoms with Gasteiger partial charge in [-0.15, -0.1) is 11.3 Å². The van der Waals surface area contributed by atoms with Crippen LogP contribution in [0.15, 0.2) is 35.4 Å². The van der Waals surface area contributed by atoms with Gasteiger partial charge in [-0.25, -0.2) is 10.4 Å². The Morgan fingerprint density at radius 1 is 1.38 bits per heavy atom. The third kappa shape index (κ3) is 3.20. The minimum atomic E-state index is -0.261. The third-order valence-electron chi connectivity index (χ3n) is 3.77. The number of halogens is 1. The number of hydrazone groups is 1. The lowest BCUT2D eigenvalue weighted by Crippen LogP contribution is -2.19. The van der Waals surface area contributed by atoms with Crippen LogP contribution in [0.2, 0.25) is 4.34 Å². The highest BCUT2D eigenvalue weighted by molar-refractivity contribution is 7.18. The molecule has 0 atom stereocenters. The summed E-state index contributed by atoms with van der Waals surface area (Å²) in [6, 6.07) is 9.19. The highest BCUT2D eigenvalue weighted by Gasteiger charge is 2.11. The van der Waals surface area contributed by atoms with E-state index in [2.05, 4.69) is 27.0 Å². The van der Waals surface area contributed by atoms with Gasteiger partial charge < -0.3 is 4.57 Å². The first-order valence-electron chi connectivity index (χ1n) is 7.57. The molecule has 5 nitrogen and oxygen atoms in total. The van der Waals surface area contributed by atoms with Crippen LogP contribution < -0.4 is 5.43 Å². The zero-order valence-electron chi connectivity index (χ0n) is 13.6. The Balaban J connectivity index is 1.81. The molecule has 0 aliphatic rings. The van der Waals surface area contributed by atoms with Gasteiger partial charge in [0.25, 0.3) is 5.91 Å². The Hall–Kier alpha value is -2.18. The van der Waals surface area contributed by atoms with E-state index in [0.717, 1.165) is 28.3 Å². The molecule has 3 aromatic rings. The maximum absolute atomic E-state index is 12.3. The first-order valence-corrected chi connectivity index (χ1v) is 8.76. The van der Waals surface area contributed by atoms with E-state index in [1.165, 1.54) is 11.3 Å². The van der Waals surface area contributed by atoms with E-state index in [1.54, 1.807) is 12.1 Å². The lowest BCUT2D eigenvalue weighted by Gasteiger charge is -2.03. The number of aromatic nitrogens is 2. The molecule has 0 fully saturated rings. The molecule has 2 heterocycles. The van der Waals surface area contributed by atoms with Crippen LogP contribution in [0.3, 0.4) is 0 Å². The summed E-state index contributed by atoms with van der Waals surface area (Å²) in [6.45, 7) is 6.71. The monoisotopic (exact) mass is 360 g/mol. The van der Waals surface area contributed by atoms with Crippen molar-refractivity contribution in [2.75, 3.05) is 0 Å². The summed E-state index contributed by atoms with van der Waals surface area (Å²) >= 11 is 7.34. The minimum absolute atomic E-state index is 0.261. The summed E-state index contributed by atoms with van der Waals surface area (Å²) in [4.78, 5) is 17.7. The van der Waals surface area contributed by atoms with E-state index in [1.807, 2.05) is 32.0 Å². The molecule has 0 saturated carbocycles. The standard InChI is InChI=1S/C17H17ClN4OS/c1-4-22-11(3)19-13-9-12(5-6-14(13)22)17(23)21-20-10(2)15-7-8-16(18)24-15/h5-9H,4H2,1-3H3,(H,21,23). The van der Waals surface area contributed by atoms with Crippen molar-refractivity contribution in [3.8, 4) is 0 Å². The van der Waals surface area contributed by atoms with Gasteiger partial charge in [0.1, 0.15) is 5.82 Å². The fraction of sp³-hybridized carbons (Fsp3) is 0.235. The van der Waals surface area contributed by atoms with E-state index >= 15 is 0 Å². The number of nitrogens with one attached hydrogen (secondary N) is 1. The number of carbonyl (C=O) groups excluding carboxylic acids is 1. The van der Waals surface area contributed by atoms with Gasteiger partial charge in [0.15, 0.2) is 0 Å². The largest absolute Gasteiger partial charge is 0.329 e.